The van der Waals surface area contributed by atoms with Gasteiger partial charge < -0.3 is 9.73 Å². The first-order valence-electron chi connectivity index (χ1n) is 6.29. The Morgan fingerprint density at radius 1 is 1.59 bits per heavy atom. The van der Waals surface area contributed by atoms with E-state index < -0.39 is 0 Å². The highest BCUT2D eigenvalue weighted by atomic mass is 16.3. The first-order chi connectivity index (χ1) is 8.25. The van der Waals surface area contributed by atoms with E-state index in [1.807, 2.05) is 12.1 Å². The highest BCUT2D eigenvalue weighted by molar-refractivity contribution is 5.77. The number of carbonyl (C=O) groups excluding carboxylic acids is 1. The van der Waals surface area contributed by atoms with Crippen LogP contribution in [0.4, 0.5) is 0 Å². The number of nitrogens with zero attached hydrogens (tertiary/aromatic N) is 1. The number of amides is 1. The molecule has 1 aromatic heterocycles. The monoisotopic (exact) mass is 236 g/mol. The maximum absolute atomic E-state index is 11.8. The molecule has 94 valence electrons. The van der Waals surface area contributed by atoms with Crippen molar-refractivity contribution in [3.8, 4) is 0 Å². The molecule has 1 amide bonds. The lowest BCUT2D eigenvalue weighted by atomic mass is 10.0. The minimum atomic E-state index is 0.0788. The number of rotatable bonds is 4. The van der Waals surface area contributed by atoms with Crippen molar-refractivity contribution in [2.24, 2.45) is 0 Å². The molecule has 1 saturated heterocycles. The largest absolute Gasteiger partial charge is 0.467 e. The first kappa shape index (κ1) is 12.2. The maximum Gasteiger partial charge on any atom is 0.234 e. The molecule has 2 rings (SSSR count). The van der Waals surface area contributed by atoms with E-state index in [1.54, 1.807) is 6.26 Å². The van der Waals surface area contributed by atoms with E-state index >= 15 is 0 Å². The fourth-order valence-electron chi connectivity index (χ4n) is 2.23. The van der Waals surface area contributed by atoms with E-state index in [0.717, 1.165) is 12.3 Å². The van der Waals surface area contributed by atoms with Gasteiger partial charge in [-0.2, -0.15) is 0 Å². The molecule has 1 fully saturated rings. The summed E-state index contributed by atoms with van der Waals surface area (Å²) in [5, 5.41) is 2.88. The smallest absolute Gasteiger partial charge is 0.234 e. The lowest BCUT2D eigenvalue weighted by molar-refractivity contribution is -0.123. The van der Waals surface area contributed by atoms with Gasteiger partial charge in [0.15, 0.2) is 0 Å². The quantitative estimate of drug-likeness (QED) is 0.866. The summed E-state index contributed by atoms with van der Waals surface area (Å²) < 4.78 is 5.17. The van der Waals surface area contributed by atoms with Crippen LogP contribution in [0.1, 0.15) is 31.9 Å². The van der Waals surface area contributed by atoms with Crippen molar-refractivity contribution in [3.63, 3.8) is 0 Å². The van der Waals surface area contributed by atoms with Crippen molar-refractivity contribution < 1.29 is 9.21 Å². The van der Waals surface area contributed by atoms with Gasteiger partial charge in [0.2, 0.25) is 5.91 Å². The van der Waals surface area contributed by atoms with Gasteiger partial charge in [0.1, 0.15) is 5.76 Å². The van der Waals surface area contributed by atoms with E-state index in [9.17, 15) is 4.79 Å². The second-order valence-corrected chi connectivity index (χ2v) is 4.67. The number of piperidine rings is 1. The molecule has 1 aliphatic rings. The third kappa shape index (κ3) is 3.60. The van der Waals surface area contributed by atoms with Gasteiger partial charge in [-0.3, -0.25) is 9.69 Å². The molecular formula is C13H20N2O2. The molecule has 1 atom stereocenters. The van der Waals surface area contributed by atoms with Crippen LogP contribution in [0.15, 0.2) is 22.8 Å². The van der Waals surface area contributed by atoms with Crippen LogP contribution < -0.4 is 5.32 Å². The van der Waals surface area contributed by atoms with Crippen LogP contribution in [0.5, 0.6) is 0 Å². The van der Waals surface area contributed by atoms with Crippen molar-refractivity contribution in [3.05, 3.63) is 24.2 Å². The number of likely N-dealkylation sites (tertiary alicyclic amines) is 1. The predicted molar refractivity (Wildman–Crippen MR) is 65.4 cm³/mol. The van der Waals surface area contributed by atoms with Crippen LogP contribution in [0.25, 0.3) is 0 Å². The molecule has 0 radical (unpaired) electrons. The van der Waals surface area contributed by atoms with E-state index in [1.165, 1.54) is 19.3 Å². The summed E-state index contributed by atoms with van der Waals surface area (Å²) in [4.78, 5) is 14.0. The van der Waals surface area contributed by atoms with Crippen LogP contribution >= 0.6 is 0 Å². The Balaban J connectivity index is 1.73. The third-order valence-electron chi connectivity index (χ3n) is 3.33. The van der Waals surface area contributed by atoms with Gasteiger partial charge in [0, 0.05) is 6.04 Å². The van der Waals surface area contributed by atoms with Crippen LogP contribution in [0, 0.1) is 0 Å². The summed E-state index contributed by atoms with van der Waals surface area (Å²) in [5.74, 6) is 0.875. The van der Waals surface area contributed by atoms with Gasteiger partial charge in [0.25, 0.3) is 0 Å². The normalized spacial score (nSPS) is 21.4. The van der Waals surface area contributed by atoms with Crippen molar-refractivity contribution in [1.82, 2.24) is 10.2 Å². The Morgan fingerprint density at radius 3 is 3.18 bits per heavy atom. The van der Waals surface area contributed by atoms with Crippen LogP contribution in [-0.2, 0) is 11.3 Å². The molecule has 0 saturated carbocycles. The Morgan fingerprint density at radius 2 is 2.47 bits per heavy atom. The second-order valence-electron chi connectivity index (χ2n) is 4.67. The minimum Gasteiger partial charge on any atom is -0.467 e. The summed E-state index contributed by atoms with van der Waals surface area (Å²) in [6.07, 6.45) is 5.31. The van der Waals surface area contributed by atoms with Gasteiger partial charge in [-0.05, 0) is 38.4 Å². The first-order valence-corrected chi connectivity index (χ1v) is 6.29. The number of hydrogen-bond acceptors (Lipinski definition) is 3. The topological polar surface area (TPSA) is 45.5 Å². The number of nitrogens with one attached hydrogen (secondary N) is 1. The van der Waals surface area contributed by atoms with Crippen LogP contribution in [-0.4, -0.2) is 29.9 Å². The molecular weight excluding hydrogens is 216 g/mol. The SMILES string of the molecule is C[C@H]1CCCCN1CC(=O)NCc1ccco1. The lowest BCUT2D eigenvalue weighted by Crippen LogP contribution is -2.44. The molecule has 0 unspecified atom stereocenters. The lowest BCUT2D eigenvalue weighted by Gasteiger charge is -2.32. The summed E-state index contributed by atoms with van der Waals surface area (Å²) in [6.45, 7) is 4.21. The molecule has 0 aromatic carbocycles. The number of furan rings is 1. The zero-order chi connectivity index (χ0) is 12.1. The molecule has 1 aliphatic heterocycles. The van der Waals surface area contributed by atoms with Crippen molar-refractivity contribution in [2.75, 3.05) is 13.1 Å². The average Bonchev–Trinajstić information content (AvgIpc) is 2.82. The summed E-state index contributed by atoms with van der Waals surface area (Å²) in [5.41, 5.74) is 0. The van der Waals surface area contributed by atoms with Crippen molar-refractivity contribution in [2.45, 2.75) is 38.8 Å². The Hall–Kier alpha value is -1.29. The summed E-state index contributed by atoms with van der Waals surface area (Å²) in [7, 11) is 0. The average molecular weight is 236 g/mol. The molecule has 0 aliphatic carbocycles. The molecule has 1 N–H and O–H groups in total. The zero-order valence-electron chi connectivity index (χ0n) is 10.3. The zero-order valence-corrected chi connectivity index (χ0v) is 10.3. The highest BCUT2D eigenvalue weighted by Crippen LogP contribution is 2.15. The Kier molecular flexibility index (Phi) is 4.20. The van der Waals surface area contributed by atoms with E-state index in [4.69, 9.17) is 4.42 Å². The fraction of sp³-hybridized carbons (Fsp3) is 0.615. The summed E-state index contributed by atoms with van der Waals surface area (Å²) >= 11 is 0. The second kappa shape index (κ2) is 5.87. The van der Waals surface area contributed by atoms with Gasteiger partial charge in [0.05, 0.1) is 19.4 Å². The summed E-state index contributed by atoms with van der Waals surface area (Å²) in [6, 6.07) is 4.22. The van der Waals surface area contributed by atoms with Crippen molar-refractivity contribution in [1.29, 1.82) is 0 Å². The maximum atomic E-state index is 11.8. The molecule has 17 heavy (non-hydrogen) atoms. The molecule has 0 bridgehead atoms. The van der Waals surface area contributed by atoms with E-state index in [2.05, 4.69) is 17.1 Å². The van der Waals surface area contributed by atoms with Gasteiger partial charge in [-0.15, -0.1) is 0 Å². The standard InChI is InChI=1S/C13H20N2O2/c1-11-5-2-3-7-15(11)10-13(16)14-9-12-6-4-8-17-12/h4,6,8,11H,2-3,5,7,9-10H2,1H3,(H,14,16)/t11-/m0/s1. The Bertz CT molecular complexity index is 348. The third-order valence-corrected chi connectivity index (χ3v) is 3.33. The van der Waals surface area contributed by atoms with E-state index in [0.29, 0.717) is 19.1 Å². The van der Waals surface area contributed by atoms with Gasteiger partial charge in [-0.25, -0.2) is 0 Å². The van der Waals surface area contributed by atoms with E-state index in [-0.39, 0.29) is 5.91 Å². The highest BCUT2D eigenvalue weighted by Gasteiger charge is 2.20. The van der Waals surface area contributed by atoms with Gasteiger partial charge >= 0.3 is 0 Å². The van der Waals surface area contributed by atoms with Crippen LogP contribution in [0.3, 0.4) is 0 Å². The predicted octanol–water partition coefficient (Wildman–Crippen LogP) is 1.77. The minimum absolute atomic E-state index is 0.0788. The molecule has 0 spiro atoms. The van der Waals surface area contributed by atoms with Crippen LogP contribution in [0.2, 0.25) is 0 Å². The Labute approximate surface area is 102 Å². The molecule has 4 heteroatoms. The fourth-order valence-corrected chi connectivity index (χ4v) is 2.23. The van der Waals surface area contributed by atoms with Crippen molar-refractivity contribution >= 4 is 5.91 Å². The van der Waals surface area contributed by atoms with Gasteiger partial charge in [-0.1, -0.05) is 6.42 Å². The molecule has 1 aromatic rings. The number of carbonyl (C=O) groups is 1. The number of hydrogen-bond donors (Lipinski definition) is 1. The molecule has 2 heterocycles. The molecule has 4 nitrogen and oxygen atoms in total.